The number of piperazine rings is 1. The SMILES string of the molecule is CC(=O)c1ncn2c1COc1c(CCN3CCN(c4cccc5nc(C)ccc45)CC3)cccc1-2.Cl.Cl. The van der Waals surface area contributed by atoms with Gasteiger partial charge in [0.15, 0.2) is 5.78 Å². The quantitative estimate of drug-likeness (QED) is 0.331. The molecule has 2 aliphatic heterocycles. The van der Waals surface area contributed by atoms with Gasteiger partial charge in [0.2, 0.25) is 0 Å². The Kier molecular flexibility index (Phi) is 8.07. The van der Waals surface area contributed by atoms with Gasteiger partial charge in [0.25, 0.3) is 0 Å². The summed E-state index contributed by atoms with van der Waals surface area (Å²) in [6.07, 6.45) is 2.66. The average Bonchev–Trinajstić information content (AvgIpc) is 3.32. The number of nitrogens with zero attached hydrogens (tertiary/aromatic N) is 5. The molecule has 2 aliphatic rings. The van der Waals surface area contributed by atoms with Gasteiger partial charge < -0.3 is 9.64 Å². The van der Waals surface area contributed by atoms with Crippen LogP contribution in [0.4, 0.5) is 5.69 Å². The van der Waals surface area contributed by atoms with Crippen molar-refractivity contribution in [1.29, 1.82) is 0 Å². The van der Waals surface area contributed by atoms with Gasteiger partial charge in [-0.05, 0) is 49.2 Å². The van der Waals surface area contributed by atoms with Crippen LogP contribution in [0, 0.1) is 6.92 Å². The Balaban J connectivity index is 0.00000160. The molecule has 194 valence electrons. The van der Waals surface area contributed by atoms with Crippen molar-refractivity contribution in [3.05, 3.63) is 77.5 Å². The highest BCUT2D eigenvalue weighted by Crippen LogP contribution is 2.34. The number of Topliss-reactive ketones (excluding diaryl/α,β-unsaturated/α-hetero) is 1. The molecule has 4 heterocycles. The number of hydrogen-bond acceptors (Lipinski definition) is 6. The summed E-state index contributed by atoms with van der Waals surface area (Å²) in [5.74, 6) is 0.876. The first-order chi connectivity index (χ1) is 17.1. The van der Waals surface area contributed by atoms with E-state index in [0.29, 0.717) is 12.3 Å². The van der Waals surface area contributed by atoms with Crippen molar-refractivity contribution < 1.29 is 9.53 Å². The fraction of sp³-hybridized carbons (Fsp3) is 0.321. The Labute approximate surface area is 229 Å². The summed E-state index contributed by atoms with van der Waals surface area (Å²) in [5.41, 5.74) is 6.89. The number of anilines is 1. The van der Waals surface area contributed by atoms with Crippen LogP contribution in [0.1, 0.15) is 34.4 Å². The van der Waals surface area contributed by atoms with Crippen LogP contribution in [0.5, 0.6) is 5.75 Å². The van der Waals surface area contributed by atoms with Gasteiger partial charge in [-0.25, -0.2) is 4.98 Å². The number of aryl methyl sites for hydroxylation is 1. The Hall–Kier alpha value is -3.13. The third-order valence-electron chi connectivity index (χ3n) is 7.15. The molecule has 0 amide bonds. The van der Waals surface area contributed by atoms with E-state index in [1.54, 1.807) is 13.3 Å². The number of imidazole rings is 1. The van der Waals surface area contributed by atoms with Gasteiger partial charge in [0.05, 0.1) is 16.9 Å². The van der Waals surface area contributed by atoms with Crippen molar-refractivity contribution in [2.24, 2.45) is 0 Å². The normalized spacial score (nSPS) is 14.7. The molecule has 2 aromatic carbocycles. The van der Waals surface area contributed by atoms with Gasteiger partial charge in [-0.15, -0.1) is 24.8 Å². The van der Waals surface area contributed by atoms with Gasteiger partial charge in [-0.3, -0.25) is 19.2 Å². The highest BCUT2D eigenvalue weighted by molar-refractivity contribution is 5.93. The Morgan fingerprint density at radius 3 is 2.51 bits per heavy atom. The van der Waals surface area contributed by atoms with Crippen molar-refractivity contribution in [2.75, 3.05) is 37.6 Å². The lowest BCUT2D eigenvalue weighted by Gasteiger charge is -2.36. The number of rotatable bonds is 5. The topological polar surface area (TPSA) is 63.5 Å². The van der Waals surface area contributed by atoms with E-state index in [1.807, 2.05) is 17.6 Å². The molecule has 2 aromatic heterocycles. The summed E-state index contributed by atoms with van der Waals surface area (Å²) < 4.78 is 8.15. The standard InChI is InChI=1S/C28H29N5O2.2ClH/c1-19-9-10-22-23(30-19)6-4-7-24(22)32-15-13-31(14-16-32)12-11-21-5-3-8-25-28(21)35-17-26-27(20(2)34)29-18-33(25)26;;/h3-10,18H,11-17H2,1-2H3;2*1H. The number of halogens is 2. The average molecular weight is 540 g/mol. The zero-order chi connectivity index (χ0) is 23.9. The summed E-state index contributed by atoms with van der Waals surface area (Å²) in [7, 11) is 0. The third kappa shape index (κ3) is 5.04. The van der Waals surface area contributed by atoms with Crippen LogP contribution in [0.15, 0.2) is 54.9 Å². The predicted octanol–water partition coefficient (Wildman–Crippen LogP) is 5.03. The number of pyridine rings is 1. The molecule has 1 fully saturated rings. The van der Waals surface area contributed by atoms with E-state index in [2.05, 4.69) is 57.2 Å². The van der Waals surface area contributed by atoms with E-state index in [0.717, 1.165) is 67.5 Å². The molecule has 0 bridgehead atoms. The first kappa shape index (κ1) is 26.9. The van der Waals surface area contributed by atoms with Crippen molar-refractivity contribution in [3.63, 3.8) is 0 Å². The van der Waals surface area contributed by atoms with E-state index < -0.39 is 0 Å². The van der Waals surface area contributed by atoms with Crippen molar-refractivity contribution in [2.45, 2.75) is 26.9 Å². The Bertz CT molecular complexity index is 1430. The molecule has 7 nitrogen and oxygen atoms in total. The minimum atomic E-state index is -0.0315. The number of aromatic nitrogens is 3. The second-order valence-corrected chi connectivity index (χ2v) is 9.40. The maximum atomic E-state index is 11.9. The molecule has 37 heavy (non-hydrogen) atoms. The number of ether oxygens (including phenoxy) is 1. The zero-order valence-corrected chi connectivity index (χ0v) is 22.6. The van der Waals surface area contributed by atoms with Crippen LogP contribution in [-0.4, -0.2) is 57.9 Å². The summed E-state index contributed by atoms with van der Waals surface area (Å²) in [5, 5.41) is 1.23. The van der Waals surface area contributed by atoms with Crippen LogP contribution in [0.25, 0.3) is 16.6 Å². The number of ketones is 1. The van der Waals surface area contributed by atoms with Gasteiger partial charge in [-0.1, -0.05) is 18.2 Å². The molecule has 1 saturated heterocycles. The van der Waals surface area contributed by atoms with Crippen LogP contribution in [-0.2, 0) is 13.0 Å². The summed E-state index contributed by atoms with van der Waals surface area (Å²) in [6, 6.07) is 17.0. The Morgan fingerprint density at radius 1 is 0.973 bits per heavy atom. The monoisotopic (exact) mass is 539 g/mol. The first-order valence-electron chi connectivity index (χ1n) is 12.2. The number of para-hydroxylation sites is 1. The highest BCUT2D eigenvalue weighted by Gasteiger charge is 2.25. The fourth-order valence-corrected chi connectivity index (χ4v) is 5.29. The zero-order valence-electron chi connectivity index (χ0n) is 21.0. The molecule has 0 atom stereocenters. The lowest BCUT2D eigenvalue weighted by molar-refractivity contribution is 0.101. The van der Waals surface area contributed by atoms with Gasteiger partial charge in [-0.2, -0.15) is 0 Å². The van der Waals surface area contributed by atoms with E-state index in [-0.39, 0.29) is 30.6 Å². The van der Waals surface area contributed by atoms with Gasteiger partial charge in [0.1, 0.15) is 24.4 Å². The number of carbonyl (C=O) groups is 1. The Morgan fingerprint density at radius 2 is 1.73 bits per heavy atom. The van der Waals surface area contributed by atoms with E-state index in [1.165, 1.54) is 16.6 Å². The molecule has 0 N–H and O–H groups in total. The number of carbonyl (C=O) groups excluding carboxylic acids is 1. The molecule has 0 saturated carbocycles. The third-order valence-corrected chi connectivity index (χ3v) is 7.15. The van der Waals surface area contributed by atoms with Crippen molar-refractivity contribution in [1.82, 2.24) is 19.4 Å². The molecule has 0 aliphatic carbocycles. The molecule has 0 spiro atoms. The van der Waals surface area contributed by atoms with Gasteiger partial charge in [0, 0.05) is 56.4 Å². The molecule has 9 heteroatoms. The van der Waals surface area contributed by atoms with Crippen molar-refractivity contribution >= 4 is 47.2 Å². The van der Waals surface area contributed by atoms with Crippen LogP contribution >= 0.6 is 24.8 Å². The minimum absolute atomic E-state index is 0. The number of fused-ring (bicyclic) bond motifs is 4. The second-order valence-electron chi connectivity index (χ2n) is 9.40. The van der Waals surface area contributed by atoms with Crippen LogP contribution in [0.2, 0.25) is 0 Å². The first-order valence-corrected chi connectivity index (χ1v) is 12.2. The molecule has 6 rings (SSSR count). The largest absolute Gasteiger partial charge is 0.485 e. The minimum Gasteiger partial charge on any atom is -0.485 e. The fourth-order valence-electron chi connectivity index (χ4n) is 5.29. The van der Waals surface area contributed by atoms with E-state index in [4.69, 9.17) is 9.72 Å². The van der Waals surface area contributed by atoms with E-state index in [9.17, 15) is 4.79 Å². The van der Waals surface area contributed by atoms with Gasteiger partial charge >= 0.3 is 0 Å². The maximum Gasteiger partial charge on any atom is 0.180 e. The van der Waals surface area contributed by atoms with E-state index >= 15 is 0 Å². The van der Waals surface area contributed by atoms with Crippen LogP contribution < -0.4 is 9.64 Å². The summed E-state index contributed by atoms with van der Waals surface area (Å²) >= 11 is 0. The summed E-state index contributed by atoms with van der Waals surface area (Å²) in [4.78, 5) is 25.9. The smallest absolute Gasteiger partial charge is 0.180 e. The maximum absolute atomic E-state index is 11.9. The predicted molar refractivity (Wildman–Crippen MR) is 151 cm³/mol. The molecule has 0 unspecified atom stereocenters. The molecular formula is C28H31Cl2N5O2. The molecular weight excluding hydrogens is 509 g/mol. The molecule has 0 radical (unpaired) electrons. The lowest BCUT2D eigenvalue weighted by Crippen LogP contribution is -2.47. The molecule has 4 aromatic rings. The van der Waals surface area contributed by atoms with Crippen molar-refractivity contribution in [3.8, 4) is 11.4 Å². The highest BCUT2D eigenvalue weighted by atomic mass is 35.5. The number of benzene rings is 2. The lowest BCUT2D eigenvalue weighted by atomic mass is 10.1. The second kappa shape index (κ2) is 11.1. The summed E-state index contributed by atoms with van der Waals surface area (Å²) in [6.45, 7) is 9.00. The number of hydrogen-bond donors (Lipinski definition) is 0. The van der Waals surface area contributed by atoms with Crippen LogP contribution in [0.3, 0.4) is 0 Å².